The first-order valence-electron chi connectivity index (χ1n) is 8.55. The number of hydrogen-bond donors (Lipinski definition) is 1. The lowest BCUT2D eigenvalue weighted by molar-refractivity contribution is 0.445. The Morgan fingerprint density at radius 1 is 1.08 bits per heavy atom. The Labute approximate surface area is 154 Å². The summed E-state index contributed by atoms with van der Waals surface area (Å²) in [6, 6.07) is 16.6. The molecule has 0 saturated carbocycles. The van der Waals surface area contributed by atoms with Gasteiger partial charge in [0, 0.05) is 6.07 Å². The summed E-state index contributed by atoms with van der Waals surface area (Å²) in [5, 5.41) is 0. The summed E-state index contributed by atoms with van der Waals surface area (Å²) >= 11 is 0. The maximum absolute atomic E-state index is 13.2. The Balaban J connectivity index is 2.21. The van der Waals surface area contributed by atoms with E-state index in [-0.39, 0.29) is 22.7 Å². The first-order valence-corrected chi connectivity index (χ1v) is 10.2. The number of sulfonamides is 1. The van der Waals surface area contributed by atoms with E-state index in [9.17, 15) is 8.42 Å². The molecule has 0 radical (unpaired) electrons. The Bertz CT molecular complexity index is 937. The molecule has 0 fully saturated rings. The van der Waals surface area contributed by atoms with Gasteiger partial charge < -0.3 is 10.5 Å². The monoisotopic (exact) mass is 371 g/mol. The first-order chi connectivity index (χ1) is 12.5. The zero-order valence-electron chi connectivity index (χ0n) is 14.7. The average molecular weight is 371 g/mol. The van der Waals surface area contributed by atoms with Gasteiger partial charge in [0.15, 0.2) is 11.4 Å². The fourth-order valence-electron chi connectivity index (χ4n) is 3.21. The van der Waals surface area contributed by atoms with E-state index in [0.717, 1.165) is 0 Å². The number of ether oxygens (including phenoxy) is 1. The Morgan fingerprint density at radius 3 is 2.46 bits per heavy atom. The number of nitrogens with zero attached hydrogens (tertiary/aromatic N) is 1. The van der Waals surface area contributed by atoms with Crippen LogP contribution in [0.25, 0.3) is 0 Å². The molecular weight excluding hydrogens is 348 g/mol. The summed E-state index contributed by atoms with van der Waals surface area (Å²) in [7, 11) is -3.55. The predicted octanol–water partition coefficient (Wildman–Crippen LogP) is 3.55. The van der Waals surface area contributed by atoms with Crippen LogP contribution < -0.4 is 14.4 Å². The third-order valence-corrected chi connectivity index (χ3v) is 6.78. The fourth-order valence-corrected chi connectivity index (χ4v) is 4.91. The normalized spacial score (nSPS) is 19.8. The van der Waals surface area contributed by atoms with Crippen molar-refractivity contribution >= 4 is 15.7 Å². The third-order valence-electron chi connectivity index (χ3n) is 4.53. The van der Waals surface area contributed by atoms with E-state index in [1.165, 1.54) is 0 Å². The van der Waals surface area contributed by atoms with Crippen molar-refractivity contribution in [2.24, 2.45) is 5.73 Å². The summed E-state index contributed by atoms with van der Waals surface area (Å²) in [6.07, 6.45) is 5.49. The van der Waals surface area contributed by atoms with Crippen LogP contribution in [-0.4, -0.2) is 27.3 Å². The lowest BCUT2D eigenvalue weighted by atomic mass is 10.2. The molecule has 5 nitrogen and oxygen atoms in total. The number of hydrogen-bond acceptors (Lipinski definition) is 4. The number of rotatable bonds is 6. The van der Waals surface area contributed by atoms with Crippen LogP contribution in [-0.2, 0) is 10.0 Å². The van der Waals surface area contributed by atoms with Crippen molar-refractivity contribution in [3.8, 4) is 11.5 Å². The van der Waals surface area contributed by atoms with Crippen molar-refractivity contribution in [1.82, 2.24) is 3.89 Å². The van der Waals surface area contributed by atoms with E-state index in [0.29, 0.717) is 22.9 Å². The highest BCUT2D eigenvalue weighted by molar-refractivity contribution is 7.91. The summed E-state index contributed by atoms with van der Waals surface area (Å²) in [4.78, 5) is 0. The molecule has 2 N–H and O–H groups in total. The standard InChI is InChI=1S/C20H23N2O3S/c1-2-26(23,24)22(15-9-8-10-17(22)16-21)19-13-6-7-14-20(19)25-18-11-4-3-5-12-18/h3-14H,2,15-16,21H2,1H3/q+1. The fraction of sp³-hybridized carbons (Fsp3) is 0.200. The summed E-state index contributed by atoms with van der Waals surface area (Å²) in [5.74, 6) is 1.15. The van der Waals surface area contributed by atoms with E-state index in [1.54, 1.807) is 25.1 Å². The SMILES string of the molecule is CCS(=O)(=O)[N+]1(c2ccccc2Oc2ccccc2)CC=CC=C1CN. The van der Waals surface area contributed by atoms with E-state index in [1.807, 2.05) is 54.6 Å². The highest BCUT2D eigenvalue weighted by atomic mass is 32.2. The van der Waals surface area contributed by atoms with Gasteiger partial charge in [-0.1, -0.05) is 36.4 Å². The molecule has 0 spiro atoms. The maximum Gasteiger partial charge on any atom is 0.306 e. The molecule has 1 aliphatic rings. The Kier molecular flexibility index (Phi) is 5.27. The van der Waals surface area contributed by atoms with Gasteiger partial charge in [-0.2, -0.15) is 12.3 Å². The van der Waals surface area contributed by atoms with Crippen LogP contribution in [0.1, 0.15) is 6.92 Å². The molecule has 6 heteroatoms. The van der Waals surface area contributed by atoms with E-state index >= 15 is 0 Å². The number of para-hydroxylation sites is 3. The van der Waals surface area contributed by atoms with Gasteiger partial charge in [0.25, 0.3) is 0 Å². The summed E-state index contributed by atoms with van der Waals surface area (Å²) in [6.45, 7) is 2.08. The van der Waals surface area contributed by atoms with Crippen LogP contribution in [0.15, 0.2) is 78.5 Å². The average Bonchev–Trinajstić information content (AvgIpc) is 2.69. The van der Waals surface area contributed by atoms with Gasteiger partial charge in [-0.3, -0.25) is 0 Å². The minimum Gasteiger partial charge on any atom is -0.451 e. The molecule has 3 rings (SSSR count). The molecule has 1 unspecified atom stereocenters. The maximum atomic E-state index is 13.2. The van der Waals surface area contributed by atoms with Gasteiger partial charge in [0.2, 0.25) is 0 Å². The molecule has 0 bridgehead atoms. The molecule has 2 aromatic rings. The molecule has 2 aromatic carbocycles. The molecule has 136 valence electrons. The lowest BCUT2D eigenvalue weighted by Gasteiger charge is -2.38. The van der Waals surface area contributed by atoms with Crippen molar-refractivity contribution < 1.29 is 13.2 Å². The molecular formula is C20H23N2O3S+. The number of benzene rings is 2. The van der Waals surface area contributed by atoms with E-state index in [2.05, 4.69) is 0 Å². The van der Waals surface area contributed by atoms with Crippen LogP contribution in [0.4, 0.5) is 5.69 Å². The van der Waals surface area contributed by atoms with Crippen molar-refractivity contribution in [2.45, 2.75) is 6.92 Å². The summed E-state index contributed by atoms with van der Waals surface area (Å²) in [5.41, 5.74) is 7.14. The quantitative estimate of drug-likeness (QED) is 0.789. The van der Waals surface area contributed by atoms with Gasteiger partial charge >= 0.3 is 10.0 Å². The van der Waals surface area contributed by atoms with E-state index in [4.69, 9.17) is 10.5 Å². The zero-order chi connectivity index (χ0) is 18.6. The van der Waals surface area contributed by atoms with Gasteiger partial charge in [-0.05, 0) is 37.3 Å². The van der Waals surface area contributed by atoms with Crippen molar-refractivity contribution in [1.29, 1.82) is 0 Å². The third kappa shape index (κ3) is 3.07. The highest BCUT2D eigenvalue weighted by Gasteiger charge is 2.48. The predicted molar refractivity (Wildman–Crippen MR) is 105 cm³/mol. The van der Waals surface area contributed by atoms with Gasteiger partial charge in [-0.15, -0.1) is 0 Å². The van der Waals surface area contributed by atoms with Crippen molar-refractivity contribution in [3.63, 3.8) is 0 Å². The largest absolute Gasteiger partial charge is 0.451 e. The number of quaternary nitrogens is 1. The minimum atomic E-state index is -3.55. The molecule has 1 heterocycles. The van der Waals surface area contributed by atoms with Gasteiger partial charge in [0.05, 0.1) is 12.3 Å². The summed E-state index contributed by atoms with van der Waals surface area (Å²) < 4.78 is 32.2. The Morgan fingerprint density at radius 2 is 1.77 bits per heavy atom. The topological polar surface area (TPSA) is 69.4 Å². The molecule has 0 amide bonds. The number of allylic oxidation sites excluding steroid dienone is 2. The van der Waals surface area contributed by atoms with Crippen LogP contribution in [0.3, 0.4) is 0 Å². The van der Waals surface area contributed by atoms with Crippen LogP contribution in [0.5, 0.6) is 11.5 Å². The van der Waals surface area contributed by atoms with Crippen molar-refractivity contribution in [2.75, 3.05) is 18.8 Å². The highest BCUT2D eigenvalue weighted by Crippen LogP contribution is 2.43. The second-order valence-electron chi connectivity index (χ2n) is 5.97. The van der Waals surface area contributed by atoms with Crippen LogP contribution in [0, 0.1) is 0 Å². The second kappa shape index (κ2) is 7.45. The molecule has 1 atom stereocenters. The minimum absolute atomic E-state index is 0.00213. The smallest absolute Gasteiger partial charge is 0.306 e. The van der Waals surface area contributed by atoms with Crippen molar-refractivity contribution in [3.05, 3.63) is 78.5 Å². The zero-order valence-corrected chi connectivity index (χ0v) is 15.5. The molecule has 0 aromatic heterocycles. The lowest BCUT2D eigenvalue weighted by Crippen LogP contribution is -2.56. The molecule has 0 aliphatic carbocycles. The van der Waals surface area contributed by atoms with Crippen LogP contribution in [0.2, 0.25) is 0 Å². The van der Waals surface area contributed by atoms with Crippen LogP contribution >= 0.6 is 0 Å². The second-order valence-corrected chi connectivity index (χ2v) is 8.33. The van der Waals surface area contributed by atoms with E-state index < -0.39 is 10.0 Å². The van der Waals surface area contributed by atoms with Gasteiger partial charge in [0.1, 0.15) is 18.0 Å². The first kappa shape index (κ1) is 18.4. The number of nitrogens with two attached hydrogens (primary N) is 1. The molecule has 0 saturated heterocycles. The molecule has 1 aliphatic heterocycles. The van der Waals surface area contributed by atoms with Gasteiger partial charge in [-0.25, -0.2) is 0 Å². The Hall–Kier alpha value is -2.41. The molecule has 26 heavy (non-hydrogen) atoms.